The summed E-state index contributed by atoms with van der Waals surface area (Å²) in [5, 5.41) is 79.1. The summed E-state index contributed by atoms with van der Waals surface area (Å²) >= 11 is 38.8. The van der Waals surface area contributed by atoms with E-state index >= 15 is 0 Å². The van der Waals surface area contributed by atoms with Crippen LogP contribution < -0.4 is 34.7 Å². The van der Waals surface area contributed by atoms with Crippen molar-refractivity contribution >= 4 is 174 Å². The standard InChI is InChI=1S/C20H25ClN2O.4C19H24ClNO.C18H22ClNO/c1-11(21)14-10-23(20(2,3)4)16-9-17(24)13-5-6-15-12(7-8-22-15)18(13)19(14)16;2*1-11-7-6-8-13-16(22)9-15-18(17(11)13)14(10-20)12(2)21(15)19(3,4)5;2*1-11(20)17-12(2)21(19(3,4)5)15-10-16(22)13-8-6-7-9-14(13)18(15)17;1-11-14(10-19)17-13-8-6-5-7-12(13)16(21)9-15(17)20(11)18(2,3)4/h5-6,9,11,14,22,24H,7-8,10H2,1-4H3;2*6-9,12,14,22H,10H2,1-5H3;2*6-12,17,22H,1-5H3;5-9,11,14,21H,10H2,1-4H3/t11-,14+;12-,14+;12-,14-;11-,12+,17-;11-,12-,17-;11-,14+/m101110/s1. The second-order valence-electron chi connectivity index (χ2n) is 44.5. The first-order valence-corrected chi connectivity index (χ1v) is 50.7. The van der Waals surface area contributed by atoms with Crippen molar-refractivity contribution in [1.29, 1.82) is 0 Å². The van der Waals surface area contributed by atoms with E-state index in [2.05, 4.69) is 265 Å². The summed E-state index contributed by atoms with van der Waals surface area (Å²) in [5.41, 5.74) is 19.3. The predicted molar refractivity (Wildman–Crippen MR) is 575 cm³/mol. The quantitative estimate of drug-likeness (QED) is 0.0792. The number of halogens is 6. The number of rotatable bonds is 6. The highest BCUT2D eigenvalue weighted by atomic mass is 35.5. The van der Waals surface area contributed by atoms with Gasteiger partial charge in [0.2, 0.25) is 0 Å². The van der Waals surface area contributed by atoms with Crippen molar-refractivity contribution in [2.75, 3.05) is 65.4 Å². The number of hydrogen-bond acceptors (Lipinski definition) is 13. The summed E-state index contributed by atoms with van der Waals surface area (Å²) in [7, 11) is 0. The van der Waals surface area contributed by atoms with Gasteiger partial charge in [0.05, 0.1) is 0 Å². The molecule has 0 amide bonds. The number of phenolic OH excluding ortho intramolecular Hbond substituents is 6. The second-order valence-corrected chi connectivity index (χ2v) is 47.4. The number of fused-ring (bicyclic) bond motifs is 20. The van der Waals surface area contributed by atoms with Crippen LogP contribution in [0.25, 0.3) is 64.6 Å². The van der Waals surface area contributed by atoms with Gasteiger partial charge in [0.25, 0.3) is 0 Å². The Labute approximate surface area is 821 Å². The molecule has 0 spiro atoms. The molecule has 0 aliphatic carbocycles. The highest BCUT2D eigenvalue weighted by Gasteiger charge is 2.50. The number of aryl methyl sites for hydroxylation is 2. The topological polar surface area (TPSA) is 153 Å². The molecule has 0 fully saturated rings. The van der Waals surface area contributed by atoms with Gasteiger partial charge in [0, 0.05) is 254 Å². The van der Waals surface area contributed by atoms with Crippen molar-refractivity contribution in [3.05, 3.63) is 208 Å². The Kier molecular flexibility index (Phi) is 28.2. The first-order valence-electron chi connectivity index (χ1n) is 47.8. The smallest absolute Gasteiger partial charge is 0.125 e. The normalized spacial score (nSPS) is 21.9. The summed E-state index contributed by atoms with van der Waals surface area (Å²) in [6.45, 7) is 63.3. The Hall–Kier alpha value is -8.66. The molecule has 7 aliphatic rings. The fourth-order valence-electron chi connectivity index (χ4n) is 24.4. The van der Waals surface area contributed by atoms with Gasteiger partial charge in [-0.25, -0.2) is 0 Å². The molecule has 0 bridgehead atoms. The number of nitrogens with zero attached hydrogens (tertiary/aromatic N) is 6. The maximum Gasteiger partial charge on any atom is 0.125 e. The van der Waals surface area contributed by atoms with Gasteiger partial charge in [-0.2, -0.15) is 0 Å². The van der Waals surface area contributed by atoms with Gasteiger partial charge in [-0.05, 0) is 295 Å². The lowest BCUT2D eigenvalue weighted by molar-refractivity contribution is 0.432. The summed E-state index contributed by atoms with van der Waals surface area (Å²) in [4.78, 5) is 14.4. The van der Waals surface area contributed by atoms with Crippen molar-refractivity contribution in [3.63, 3.8) is 0 Å². The molecule has 7 aliphatic heterocycles. The number of alkyl halides is 6. The Balaban J connectivity index is 0.000000128. The Bertz CT molecular complexity index is 6110. The SMILES string of the molecule is C[C@@H](Cl)[C@@H]1CN(C(C)(C)C)c2cc(O)c3ccc4c(c3c21)CCN4.C[C@@H](Cl)[C@H]1c2c(cc(O)c3ccccc23)N(C(C)(C)C)[C@H]1C.C[C@@H]1[C@@H]([C@@H](C)Cl)c2c(cc(O)c3ccccc23)N1C(C)(C)C.C[C@H]1[C@@H](CCl)c2c(cc(O)c3ccccc23)N1C(C)(C)C.Cc1cccc2c(O)cc3c(c12)[C@H](CCl)[C@@H](C)N3C(C)(C)C.Cc1cccc2c(O)cc3c(c12)[C@H](CCl)[C@H](C)N3C(C)(C)C. The summed E-state index contributed by atoms with van der Waals surface area (Å²) < 4.78 is 0. The molecule has 0 radical (unpaired) electrons. The molecular weight excluding hydrogens is 1780 g/mol. The molecule has 13 nitrogen and oxygen atoms in total. The molecular formula is C114H143Cl6N7O6. The van der Waals surface area contributed by atoms with E-state index in [0.29, 0.717) is 82.3 Å². The van der Waals surface area contributed by atoms with E-state index < -0.39 is 0 Å². The van der Waals surface area contributed by atoms with E-state index in [4.69, 9.17) is 69.6 Å². The van der Waals surface area contributed by atoms with Crippen LogP contribution in [0.5, 0.6) is 34.5 Å². The fraction of sp³-hybridized carbons (Fsp3) is 0.474. The molecule has 14 atom stereocenters. The van der Waals surface area contributed by atoms with E-state index in [1.807, 2.05) is 121 Å². The van der Waals surface area contributed by atoms with Gasteiger partial charge in [0.1, 0.15) is 34.5 Å². The first-order chi connectivity index (χ1) is 62.1. The minimum absolute atomic E-state index is 0.00833. The maximum absolute atomic E-state index is 10.7. The van der Waals surface area contributed by atoms with Gasteiger partial charge in [-0.3, -0.25) is 0 Å². The van der Waals surface area contributed by atoms with Crippen molar-refractivity contribution in [2.24, 2.45) is 0 Å². The van der Waals surface area contributed by atoms with Crippen LogP contribution >= 0.6 is 69.6 Å². The van der Waals surface area contributed by atoms with E-state index in [9.17, 15) is 30.6 Å². The Morgan fingerprint density at radius 3 is 0.932 bits per heavy atom. The average molecular weight is 1920 g/mol. The zero-order chi connectivity index (χ0) is 97.5. The number of benzene rings is 12. The summed E-state index contributed by atoms with van der Waals surface area (Å²) in [5.74, 6) is 5.52. The van der Waals surface area contributed by atoms with Crippen LogP contribution in [0.1, 0.15) is 266 Å². The third kappa shape index (κ3) is 18.0. The van der Waals surface area contributed by atoms with Crippen LogP contribution in [-0.4, -0.2) is 141 Å². The fourth-order valence-corrected chi connectivity index (χ4v) is 26.5. The van der Waals surface area contributed by atoms with E-state index in [0.717, 1.165) is 102 Å². The van der Waals surface area contributed by atoms with Crippen LogP contribution in [0.15, 0.2) is 158 Å². The number of hydrogen-bond donors (Lipinski definition) is 7. The number of nitrogens with one attached hydrogen (secondary N) is 1. The number of anilines is 7. The predicted octanol–water partition coefficient (Wildman–Crippen LogP) is 30.6. The third-order valence-electron chi connectivity index (χ3n) is 29.4. The molecule has 712 valence electrons. The van der Waals surface area contributed by atoms with Gasteiger partial charge in [0.15, 0.2) is 0 Å². The largest absolute Gasteiger partial charge is 0.507 e. The van der Waals surface area contributed by atoms with Gasteiger partial charge < -0.3 is 65.4 Å². The zero-order valence-electron chi connectivity index (χ0n) is 83.5. The molecule has 12 aromatic rings. The first kappa shape index (κ1) is 100. The maximum atomic E-state index is 10.7. The van der Waals surface area contributed by atoms with Crippen LogP contribution in [0.3, 0.4) is 0 Å². The summed E-state index contributed by atoms with van der Waals surface area (Å²) in [6.07, 6.45) is 1.00. The highest BCUT2D eigenvalue weighted by molar-refractivity contribution is 6.23. The van der Waals surface area contributed by atoms with E-state index in [-0.39, 0.29) is 84.9 Å². The van der Waals surface area contributed by atoms with Gasteiger partial charge in [-0.15, -0.1) is 69.6 Å². The third-order valence-corrected chi connectivity index (χ3v) is 31.2. The Morgan fingerprint density at radius 2 is 0.609 bits per heavy atom. The monoisotopic (exact) mass is 1920 g/mol. The molecule has 0 unspecified atom stereocenters. The van der Waals surface area contributed by atoms with Crippen molar-refractivity contribution < 1.29 is 30.6 Å². The van der Waals surface area contributed by atoms with Crippen LogP contribution in [0.4, 0.5) is 39.8 Å². The molecule has 19 rings (SSSR count). The van der Waals surface area contributed by atoms with Crippen LogP contribution in [-0.2, 0) is 6.42 Å². The molecule has 7 N–H and O–H groups in total. The van der Waals surface area contributed by atoms with Crippen LogP contribution in [0, 0.1) is 13.8 Å². The average Bonchev–Trinajstić information content (AvgIpc) is 1.58. The van der Waals surface area contributed by atoms with E-state index in [1.165, 1.54) is 71.9 Å². The lowest BCUT2D eigenvalue weighted by Crippen LogP contribution is -2.46. The molecule has 0 saturated heterocycles. The lowest BCUT2D eigenvalue weighted by Gasteiger charge is -2.40. The van der Waals surface area contributed by atoms with Crippen molar-refractivity contribution in [3.8, 4) is 34.5 Å². The van der Waals surface area contributed by atoms with Crippen LogP contribution in [0.2, 0.25) is 0 Å². The van der Waals surface area contributed by atoms with Gasteiger partial charge >= 0.3 is 0 Å². The molecule has 0 aromatic heterocycles. The molecule has 133 heavy (non-hydrogen) atoms. The van der Waals surface area contributed by atoms with Gasteiger partial charge in [-0.1, -0.05) is 109 Å². The molecule has 0 saturated carbocycles. The minimum Gasteiger partial charge on any atom is -0.507 e. The second kappa shape index (κ2) is 37.3. The van der Waals surface area contributed by atoms with Crippen molar-refractivity contribution in [1.82, 2.24) is 0 Å². The molecule has 19 heteroatoms. The number of phenols is 6. The minimum atomic E-state index is -0.0242. The number of aromatic hydroxyl groups is 6. The van der Waals surface area contributed by atoms with Crippen molar-refractivity contribution in [2.45, 2.75) is 315 Å². The van der Waals surface area contributed by atoms with E-state index in [1.54, 1.807) is 0 Å². The molecule has 12 aromatic carbocycles. The zero-order valence-corrected chi connectivity index (χ0v) is 88.0. The Morgan fingerprint density at radius 1 is 0.323 bits per heavy atom. The highest BCUT2D eigenvalue weighted by Crippen LogP contribution is 2.59. The summed E-state index contributed by atoms with van der Waals surface area (Å²) in [6, 6.07) is 53.6. The lowest BCUT2D eigenvalue weighted by atomic mass is 9.89. The molecule has 7 heterocycles.